The molecule has 19 heteroatoms. The minimum atomic E-state index is -4.99. The Balaban J connectivity index is 5.36. The van der Waals surface area contributed by atoms with Gasteiger partial charge in [-0.25, -0.2) is 9.13 Å². The summed E-state index contributed by atoms with van der Waals surface area (Å²) in [6.07, 6.45) is 74.0. The average Bonchev–Trinajstić information content (AvgIpc) is 0.980. The predicted molar refractivity (Wildman–Crippen MR) is 399 cm³/mol. The van der Waals surface area contributed by atoms with Crippen molar-refractivity contribution in [3.8, 4) is 0 Å². The summed E-state index contributed by atoms with van der Waals surface area (Å²) in [5.74, 6) is -2.23. The van der Waals surface area contributed by atoms with E-state index in [1.807, 2.05) is 0 Å². The molecule has 17 nitrogen and oxygen atoms in total. The normalized spacial score (nSPS) is 14.5. The number of phosphoric ester groups is 2. The second-order valence-corrected chi connectivity index (χ2v) is 28.4. The Morgan fingerprint density at radius 3 is 0.847 bits per heavy atom. The molecule has 0 amide bonds. The van der Waals surface area contributed by atoms with Crippen LogP contribution in [0.3, 0.4) is 0 Å². The molecule has 3 N–H and O–H groups in total. The number of carbonyl (C=O) groups is 4. The number of hydrogen-bond donors (Lipinski definition) is 3. The van der Waals surface area contributed by atoms with E-state index < -0.39 is 97.5 Å². The Morgan fingerprint density at radius 1 is 0.296 bits per heavy atom. The number of rotatable bonds is 72. The Hall–Kier alpha value is -4.02. The van der Waals surface area contributed by atoms with Crippen LogP contribution in [0.5, 0.6) is 0 Å². The van der Waals surface area contributed by atoms with Gasteiger partial charge in [-0.3, -0.25) is 37.3 Å². The molecule has 0 heterocycles. The molecule has 0 aliphatic heterocycles. The molecule has 98 heavy (non-hydrogen) atoms. The van der Waals surface area contributed by atoms with E-state index in [4.69, 9.17) is 37.0 Å². The number of esters is 4. The molecule has 0 spiro atoms. The molecule has 0 aromatic heterocycles. The highest BCUT2D eigenvalue weighted by Crippen LogP contribution is 2.45. The Bertz CT molecular complexity index is 2240. The number of unbranched alkanes of at least 4 members (excludes halogenated alkanes) is 30. The Morgan fingerprint density at radius 2 is 0.531 bits per heavy atom. The first-order valence-electron chi connectivity index (χ1n) is 38.5. The lowest BCUT2D eigenvalue weighted by Crippen LogP contribution is -2.30. The lowest BCUT2D eigenvalue weighted by atomic mass is 10.1. The average molecular weight is 1420 g/mol. The van der Waals surface area contributed by atoms with E-state index in [1.165, 1.54) is 77.0 Å². The van der Waals surface area contributed by atoms with E-state index in [2.05, 4.69) is 125 Å². The second kappa shape index (κ2) is 71.4. The van der Waals surface area contributed by atoms with Gasteiger partial charge < -0.3 is 33.8 Å². The first-order valence-corrected chi connectivity index (χ1v) is 41.5. The lowest BCUT2D eigenvalue weighted by molar-refractivity contribution is -0.161. The van der Waals surface area contributed by atoms with Crippen LogP contribution >= 0.6 is 15.6 Å². The van der Waals surface area contributed by atoms with E-state index >= 15 is 0 Å². The summed E-state index contributed by atoms with van der Waals surface area (Å²) in [7, 11) is -9.96. The van der Waals surface area contributed by atoms with Gasteiger partial charge in [0.2, 0.25) is 0 Å². The number of hydrogen-bond acceptors (Lipinski definition) is 15. The van der Waals surface area contributed by atoms with Gasteiger partial charge in [-0.15, -0.1) is 0 Å². The number of phosphoric acid groups is 2. The molecule has 0 aromatic rings. The monoisotopic (exact) mass is 1420 g/mol. The third-order valence-electron chi connectivity index (χ3n) is 16.0. The van der Waals surface area contributed by atoms with Crippen LogP contribution in [-0.2, 0) is 65.4 Å². The first kappa shape index (κ1) is 94.0. The van der Waals surface area contributed by atoms with Crippen molar-refractivity contribution < 1.29 is 80.2 Å². The molecule has 0 radical (unpaired) electrons. The Labute approximate surface area is 595 Å². The van der Waals surface area contributed by atoms with E-state index in [9.17, 15) is 43.2 Å². The first-order chi connectivity index (χ1) is 47.7. The minimum Gasteiger partial charge on any atom is -0.462 e. The maximum atomic E-state index is 13.1. The molecule has 0 aromatic carbocycles. The molecule has 5 unspecified atom stereocenters. The molecule has 5 atom stereocenters. The molecule has 0 bridgehead atoms. The zero-order chi connectivity index (χ0) is 71.8. The standard InChI is InChI=1S/C79H138O17P2/c1-5-9-13-17-21-25-29-32-35-36-39-41-45-48-52-56-60-64-77(82)90-70-75(96-79(84)66-62-58-54-50-46-42-38-34-31-27-23-19-15-11-7-3)72-94-98(87,88)92-68-73(80)67-91-97(85,86)93-71-74(95-78(83)65-61-57-53-49-43-28-24-20-16-12-8-4)69-89-76(81)63-59-55-51-47-44-40-37-33-30-26-22-18-14-10-6-2/h9,11,13,15,21,23,25,27,32-35,37-38,46,50,73-75,80H,5-8,10,12,14,16-20,22,24,26,28-31,36,39-45,47-49,51-72H2,1-4H3,(H,85,86)(H,87,88)/b13-9-,15-11-,25-21-,27-23-,35-32-,37-33-,38-34-,50-46-. The highest BCUT2D eigenvalue weighted by molar-refractivity contribution is 7.47. The fourth-order valence-electron chi connectivity index (χ4n) is 10.2. The molecule has 0 saturated heterocycles. The molecule has 0 saturated carbocycles. The number of carbonyl (C=O) groups excluding carboxylic acids is 4. The van der Waals surface area contributed by atoms with Crippen LogP contribution in [0.1, 0.15) is 323 Å². The third-order valence-corrected chi connectivity index (χ3v) is 17.9. The van der Waals surface area contributed by atoms with Crippen LogP contribution in [0, 0.1) is 0 Å². The SMILES string of the molecule is CC/C=C\C/C=C\C/C=C\C/C=C\CCCCC(=O)OC(COC(=O)CCCCCCCCC/C=C\C/C=C\C/C=C\CC)COP(=O)(O)OCC(O)COP(=O)(O)OCC(COC(=O)CCCCCCC/C=C\CCCCCCCC)OC(=O)CCCCCCCCCCCCC. The summed E-state index contributed by atoms with van der Waals surface area (Å²) in [4.78, 5) is 72.8. The topological polar surface area (TPSA) is 237 Å². The molecule has 0 rings (SSSR count). The molecule has 0 aliphatic carbocycles. The smallest absolute Gasteiger partial charge is 0.462 e. The van der Waals surface area contributed by atoms with Gasteiger partial charge in [-0.05, 0) is 122 Å². The molecular weight excluding hydrogens is 1280 g/mol. The van der Waals surface area contributed by atoms with E-state index in [0.717, 1.165) is 161 Å². The largest absolute Gasteiger partial charge is 0.472 e. The zero-order valence-corrected chi connectivity index (χ0v) is 63.5. The van der Waals surface area contributed by atoms with Gasteiger partial charge in [0.25, 0.3) is 0 Å². The van der Waals surface area contributed by atoms with Crippen molar-refractivity contribution in [3.05, 3.63) is 97.2 Å². The molecule has 0 fully saturated rings. The second-order valence-electron chi connectivity index (χ2n) is 25.5. The van der Waals surface area contributed by atoms with Crippen molar-refractivity contribution in [2.75, 3.05) is 39.6 Å². The van der Waals surface area contributed by atoms with Gasteiger partial charge in [-0.1, -0.05) is 273 Å². The van der Waals surface area contributed by atoms with E-state index in [1.54, 1.807) is 0 Å². The maximum absolute atomic E-state index is 13.1. The van der Waals surface area contributed by atoms with Gasteiger partial charge in [-0.2, -0.15) is 0 Å². The number of ether oxygens (including phenoxy) is 4. The zero-order valence-electron chi connectivity index (χ0n) is 61.7. The third kappa shape index (κ3) is 70.4. The predicted octanol–water partition coefficient (Wildman–Crippen LogP) is 22.0. The van der Waals surface area contributed by atoms with E-state index in [-0.39, 0.29) is 25.7 Å². The summed E-state index contributed by atoms with van der Waals surface area (Å²) < 4.78 is 68.4. The Kier molecular flexibility index (Phi) is 68.4. The van der Waals surface area contributed by atoms with Gasteiger partial charge >= 0.3 is 39.5 Å². The van der Waals surface area contributed by atoms with Crippen LogP contribution < -0.4 is 0 Å². The van der Waals surface area contributed by atoms with Gasteiger partial charge in [0.15, 0.2) is 12.2 Å². The van der Waals surface area contributed by atoms with Gasteiger partial charge in [0.1, 0.15) is 19.3 Å². The van der Waals surface area contributed by atoms with Gasteiger partial charge in [0.05, 0.1) is 26.4 Å². The number of aliphatic hydroxyl groups excluding tert-OH is 1. The minimum absolute atomic E-state index is 0.0403. The van der Waals surface area contributed by atoms with Crippen LogP contribution in [0.2, 0.25) is 0 Å². The van der Waals surface area contributed by atoms with Crippen LogP contribution in [0.4, 0.5) is 0 Å². The molecule has 566 valence electrons. The fourth-order valence-corrected chi connectivity index (χ4v) is 11.8. The van der Waals surface area contributed by atoms with Gasteiger partial charge in [0, 0.05) is 25.7 Å². The number of allylic oxidation sites excluding steroid dienone is 16. The van der Waals surface area contributed by atoms with Crippen molar-refractivity contribution >= 4 is 39.5 Å². The molecule has 0 aliphatic rings. The maximum Gasteiger partial charge on any atom is 0.472 e. The van der Waals surface area contributed by atoms with E-state index in [0.29, 0.717) is 32.1 Å². The highest BCUT2D eigenvalue weighted by Gasteiger charge is 2.30. The highest BCUT2D eigenvalue weighted by atomic mass is 31.2. The van der Waals surface area contributed by atoms with Crippen molar-refractivity contribution in [3.63, 3.8) is 0 Å². The van der Waals surface area contributed by atoms with Crippen molar-refractivity contribution in [1.82, 2.24) is 0 Å². The van der Waals surface area contributed by atoms with Crippen molar-refractivity contribution in [2.24, 2.45) is 0 Å². The summed E-state index contributed by atoms with van der Waals surface area (Å²) in [6, 6.07) is 0. The summed E-state index contributed by atoms with van der Waals surface area (Å²) in [5, 5.41) is 10.6. The summed E-state index contributed by atoms with van der Waals surface area (Å²) >= 11 is 0. The number of aliphatic hydroxyl groups is 1. The molecular formula is C79H138O17P2. The lowest BCUT2D eigenvalue weighted by Gasteiger charge is -2.21. The van der Waals surface area contributed by atoms with Crippen LogP contribution in [0.25, 0.3) is 0 Å². The van der Waals surface area contributed by atoms with Crippen molar-refractivity contribution in [2.45, 2.75) is 341 Å². The van der Waals surface area contributed by atoms with Crippen molar-refractivity contribution in [1.29, 1.82) is 0 Å². The van der Waals surface area contributed by atoms with Crippen LogP contribution in [-0.4, -0.2) is 96.7 Å². The summed E-state index contributed by atoms with van der Waals surface area (Å²) in [5.41, 5.74) is 0. The summed E-state index contributed by atoms with van der Waals surface area (Å²) in [6.45, 7) is 4.59. The quantitative estimate of drug-likeness (QED) is 0.0169. The van der Waals surface area contributed by atoms with Crippen LogP contribution in [0.15, 0.2) is 97.2 Å². The fraction of sp³-hybridized carbons (Fsp3) is 0.747.